The maximum atomic E-state index is 12.5. The van der Waals surface area contributed by atoms with Gasteiger partial charge in [-0.05, 0) is 12.1 Å². The van der Waals surface area contributed by atoms with E-state index in [4.69, 9.17) is 27.9 Å². The van der Waals surface area contributed by atoms with Crippen LogP contribution in [-0.4, -0.2) is 44.6 Å². The zero-order valence-corrected chi connectivity index (χ0v) is 16.7. The minimum absolute atomic E-state index is 0.0152. The minimum Gasteiger partial charge on any atom is -0.495 e. The highest BCUT2D eigenvalue weighted by atomic mass is 35.5. The van der Waals surface area contributed by atoms with E-state index in [0.29, 0.717) is 4.34 Å². The number of hydrogen-bond donors (Lipinski definition) is 1. The first kappa shape index (κ1) is 20.0. The Kier molecular flexibility index (Phi) is 6.74. The predicted octanol–water partition coefficient (Wildman–Crippen LogP) is 2.92. The van der Waals surface area contributed by atoms with Gasteiger partial charge in [0.2, 0.25) is 5.13 Å². The molecule has 0 bridgehead atoms. The van der Waals surface area contributed by atoms with Gasteiger partial charge in [-0.2, -0.15) is 0 Å². The van der Waals surface area contributed by atoms with Gasteiger partial charge < -0.3 is 9.47 Å². The fraction of sp³-hybridized carbons (Fsp3) is 0.250. The molecule has 0 spiro atoms. The molecule has 136 valence electrons. The average Bonchev–Trinajstić information content (AvgIpc) is 3.01. The number of carbonyl (C=O) groups excluding carboxylic acids is 1. The van der Waals surface area contributed by atoms with Crippen LogP contribution >= 0.6 is 46.3 Å². The molecule has 0 radical (unpaired) electrons. The molecule has 2 aromatic rings. The Morgan fingerprint density at radius 3 is 2.64 bits per heavy atom. The fourth-order valence-electron chi connectivity index (χ4n) is 1.54. The summed E-state index contributed by atoms with van der Waals surface area (Å²) in [6, 6.07) is 2.66. The molecule has 1 N–H and O–H groups in total. The quantitative estimate of drug-likeness (QED) is 0.513. The van der Waals surface area contributed by atoms with Crippen molar-refractivity contribution in [1.29, 1.82) is 0 Å². The SMILES string of the molecule is COC(=O)CSc1nnc(NS(=O)(=O)c2ccc(OC)c(Cl)c2Cl)s1. The summed E-state index contributed by atoms with van der Waals surface area (Å²) in [5, 5.41) is 7.35. The van der Waals surface area contributed by atoms with E-state index in [-0.39, 0.29) is 31.6 Å². The summed E-state index contributed by atoms with van der Waals surface area (Å²) in [6.07, 6.45) is 0. The molecular formula is C12H11Cl2N3O5S3. The molecule has 0 fully saturated rings. The van der Waals surface area contributed by atoms with Crippen LogP contribution in [0.3, 0.4) is 0 Å². The van der Waals surface area contributed by atoms with Crippen molar-refractivity contribution in [3.05, 3.63) is 22.2 Å². The molecule has 13 heteroatoms. The standard InChI is InChI=1S/C12H11Cl2N3O5S3/c1-21-6-3-4-7(10(14)9(6)13)25(19,20)17-11-15-16-12(24-11)23-5-8(18)22-2/h3-4H,5H2,1-2H3,(H,15,17). The second-order valence-electron chi connectivity index (χ2n) is 4.24. The number of nitrogens with one attached hydrogen (secondary N) is 1. The highest BCUT2D eigenvalue weighted by Crippen LogP contribution is 2.37. The molecule has 2 rings (SSSR count). The second kappa shape index (κ2) is 8.41. The fourth-order valence-corrected chi connectivity index (χ4v) is 5.19. The molecule has 0 saturated heterocycles. The van der Waals surface area contributed by atoms with E-state index in [1.54, 1.807) is 0 Å². The molecule has 0 atom stereocenters. The number of ether oxygens (including phenoxy) is 2. The van der Waals surface area contributed by atoms with Crippen molar-refractivity contribution in [2.45, 2.75) is 9.24 Å². The number of carbonyl (C=O) groups is 1. The smallest absolute Gasteiger partial charge is 0.316 e. The summed E-state index contributed by atoms with van der Waals surface area (Å²) in [5.74, 6) is -0.136. The van der Waals surface area contributed by atoms with Crippen LogP contribution < -0.4 is 9.46 Å². The van der Waals surface area contributed by atoms with E-state index in [2.05, 4.69) is 19.7 Å². The van der Waals surface area contributed by atoms with Gasteiger partial charge in [0.15, 0.2) is 4.34 Å². The van der Waals surface area contributed by atoms with E-state index in [0.717, 1.165) is 23.1 Å². The highest BCUT2D eigenvalue weighted by Gasteiger charge is 2.23. The maximum absolute atomic E-state index is 12.5. The monoisotopic (exact) mass is 443 g/mol. The molecule has 1 aromatic heterocycles. The zero-order chi connectivity index (χ0) is 18.6. The van der Waals surface area contributed by atoms with Crippen LogP contribution in [0.1, 0.15) is 0 Å². The van der Waals surface area contributed by atoms with Gasteiger partial charge in [-0.3, -0.25) is 9.52 Å². The number of hydrogen-bond acceptors (Lipinski definition) is 9. The molecule has 1 heterocycles. The first-order valence-corrected chi connectivity index (χ1v) is 10.4. The lowest BCUT2D eigenvalue weighted by Gasteiger charge is -2.10. The Labute approximate surface area is 161 Å². The molecule has 8 nitrogen and oxygen atoms in total. The van der Waals surface area contributed by atoms with Crippen LogP contribution in [-0.2, 0) is 19.6 Å². The van der Waals surface area contributed by atoms with E-state index in [1.165, 1.54) is 26.4 Å². The van der Waals surface area contributed by atoms with Gasteiger partial charge in [0.05, 0.1) is 25.0 Å². The van der Waals surface area contributed by atoms with Gasteiger partial charge in [-0.15, -0.1) is 10.2 Å². The first-order chi connectivity index (χ1) is 11.8. The Morgan fingerprint density at radius 2 is 2.00 bits per heavy atom. The minimum atomic E-state index is -4.03. The van der Waals surface area contributed by atoms with Gasteiger partial charge in [0.25, 0.3) is 10.0 Å². The topological polar surface area (TPSA) is 107 Å². The zero-order valence-electron chi connectivity index (χ0n) is 12.8. The van der Waals surface area contributed by atoms with Crippen LogP contribution in [0, 0.1) is 0 Å². The lowest BCUT2D eigenvalue weighted by molar-refractivity contribution is -0.137. The summed E-state index contributed by atoms with van der Waals surface area (Å²) in [5.41, 5.74) is 0. The molecule has 0 amide bonds. The molecular weight excluding hydrogens is 433 g/mol. The molecule has 0 aliphatic heterocycles. The predicted molar refractivity (Wildman–Crippen MR) is 96.5 cm³/mol. The lowest BCUT2D eigenvalue weighted by atomic mass is 10.3. The average molecular weight is 444 g/mol. The normalized spacial score (nSPS) is 11.2. The van der Waals surface area contributed by atoms with Crippen molar-refractivity contribution in [2.75, 3.05) is 24.7 Å². The molecule has 25 heavy (non-hydrogen) atoms. The molecule has 0 aliphatic carbocycles. The number of aromatic nitrogens is 2. The number of esters is 1. The third-order valence-corrected chi connectivity index (χ3v) is 7.12. The summed E-state index contributed by atoms with van der Waals surface area (Å²) < 4.78 is 37.1. The van der Waals surface area contributed by atoms with E-state index in [9.17, 15) is 13.2 Å². The first-order valence-electron chi connectivity index (χ1n) is 6.36. The summed E-state index contributed by atoms with van der Waals surface area (Å²) in [7, 11) is -1.37. The van der Waals surface area contributed by atoms with Gasteiger partial charge in [-0.1, -0.05) is 46.3 Å². The van der Waals surface area contributed by atoms with Crippen molar-refractivity contribution in [2.24, 2.45) is 0 Å². The van der Waals surface area contributed by atoms with Crippen LogP contribution in [0.2, 0.25) is 10.0 Å². The number of nitrogens with zero attached hydrogens (tertiary/aromatic N) is 2. The Hall–Kier alpha value is -1.27. The number of methoxy groups -OCH3 is 2. The summed E-state index contributed by atoms with van der Waals surface area (Å²) in [4.78, 5) is 10.9. The Bertz CT molecular complexity index is 888. The largest absolute Gasteiger partial charge is 0.495 e. The van der Waals surface area contributed by atoms with Gasteiger partial charge in [0, 0.05) is 0 Å². The number of rotatable bonds is 7. The molecule has 0 aliphatic rings. The molecule has 1 aromatic carbocycles. The molecule has 0 saturated carbocycles. The summed E-state index contributed by atoms with van der Waals surface area (Å²) >= 11 is 14.0. The second-order valence-corrected chi connectivity index (χ2v) is 8.84. The highest BCUT2D eigenvalue weighted by molar-refractivity contribution is 8.01. The van der Waals surface area contributed by atoms with Crippen molar-refractivity contribution in [3.63, 3.8) is 0 Å². The summed E-state index contributed by atoms with van der Waals surface area (Å²) in [6.45, 7) is 0. The number of thioether (sulfide) groups is 1. The van der Waals surface area contributed by atoms with Crippen LogP contribution in [0.15, 0.2) is 21.4 Å². The van der Waals surface area contributed by atoms with Crippen LogP contribution in [0.25, 0.3) is 0 Å². The van der Waals surface area contributed by atoms with E-state index >= 15 is 0 Å². The Balaban J connectivity index is 2.18. The van der Waals surface area contributed by atoms with Crippen molar-refractivity contribution in [1.82, 2.24) is 10.2 Å². The van der Waals surface area contributed by atoms with Crippen molar-refractivity contribution in [3.8, 4) is 5.75 Å². The van der Waals surface area contributed by atoms with E-state index in [1.807, 2.05) is 0 Å². The number of anilines is 1. The van der Waals surface area contributed by atoms with Crippen LogP contribution in [0.5, 0.6) is 5.75 Å². The third-order valence-electron chi connectivity index (χ3n) is 2.69. The van der Waals surface area contributed by atoms with Gasteiger partial charge in [0.1, 0.15) is 15.7 Å². The number of benzene rings is 1. The maximum Gasteiger partial charge on any atom is 0.316 e. The molecule has 0 unspecified atom stereocenters. The van der Waals surface area contributed by atoms with Crippen molar-refractivity contribution >= 4 is 67.4 Å². The van der Waals surface area contributed by atoms with Gasteiger partial charge in [-0.25, -0.2) is 8.42 Å². The number of sulfonamides is 1. The van der Waals surface area contributed by atoms with Gasteiger partial charge >= 0.3 is 5.97 Å². The van der Waals surface area contributed by atoms with Crippen molar-refractivity contribution < 1.29 is 22.7 Å². The Morgan fingerprint density at radius 1 is 1.28 bits per heavy atom. The lowest BCUT2D eigenvalue weighted by Crippen LogP contribution is -2.13. The van der Waals surface area contributed by atoms with Crippen LogP contribution in [0.4, 0.5) is 5.13 Å². The number of halogens is 2. The third kappa shape index (κ3) is 4.88. The van der Waals surface area contributed by atoms with E-state index < -0.39 is 16.0 Å².